The molecule has 0 aliphatic rings. The molecule has 4 nitrogen and oxygen atoms in total. The number of nitrogens with zero attached hydrogens (tertiary/aromatic N) is 1. The van der Waals surface area contributed by atoms with Crippen LogP contribution in [-0.2, 0) is 0 Å². The second-order valence-electron chi connectivity index (χ2n) is 3.43. The van der Waals surface area contributed by atoms with Crippen molar-refractivity contribution in [2.75, 3.05) is 0 Å². The van der Waals surface area contributed by atoms with E-state index in [0.717, 1.165) is 15.7 Å². The van der Waals surface area contributed by atoms with Gasteiger partial charge in [-0.25, -0.2) is 4.39 Å². The van der Waals surface area contributed by atoms with Crippen molar-refractivity contribution >= 4 is 28.3 Å². The first-order valence-corrected chi connectivity index (χ1v) is 6.01. The molecule has 2 aromatic carbocycles. The van der Waals surface area contributed by atoms with Crippen molar-refractivity contribution in [3.63, 3.8) is 0 Å². The van der Waals surface area contributed by atoms with Gasteiger partial charge in [0.1, 0.15) is 11.6 Å². The van der Waals surface area contributed by atoms with Gasteiger partial charge in [0.25, 0.3) is 0 Å². The van der Waals surface area contributed by atoms with Gasteiger partial charge in [0.2, 0.25) is 5.75 Å². The highest BCUT2D eigenvalue weighted by Crippen LogP contribution is 2.31. The van der Waals surface area contributed by atoms with Crippen LogP contribution in [0.4, 0.5) is 10.1 Å². The van der Waals surface area contributed by atoms with Crippen LogP contribution in [-0.4, -0.2) is 4.92 Å². The lowest BCUT2D eigenvalue weighted by Gasteiger charge is -2.06. The van der Waals surface area contributed by atoms with Gasteiger partial charge in [-0.05, 0) is 59.0 Å². The molecule has 0 atom stereocenters. The summed E-state index contributed by atoms with van der Waals surface area (Å²) in [6.45, 7) is 0. The Balaban J connectivity index is 2.34. The number of halogens is 2. The van der Waals surface area contributed by atoms with Crippen LogP contribution in [0.2, 0.25) is 0 Å². The summed E-state index contributed by atoms with van der Waals surface area (Å²) in [6.07, 6.45) is 0. The zero-order valence-electron chi connectivity index (χ0n) is 8.97. The molecule has 0 bridgehead atoms. The number of rotatable bonds is 3. The summed E-state index contributed by atoms with van der Waals surface area (Å²) in [5.41, 5.74) is -0.395. The normalized spacial score (nSPS) is 10.1. The summed E-state index contributed by atoms with van der Waals surface area (Å²) in [6, 6.07) is 10.2. The van der Waals surface area contributed by atoms with Crippen molar-refractivity contribution in [2.45, 2.75) is 0 Å². The fraction of sp³-hybridized carbons (Fsp3) is 0. The molecule has 0 spiro atoms. The van der Waals surface area contributed by atoms with Crippen LogP contribution in [0, 0.1) is 19.5 Å². The predicted octanol–water partition coefficient (Wildman–Crippen LogP) is 4.13. The van der Waals surface area contributed by atoms with Gasteiger partial charge >= 0.3 is 5.69 Å². The van der Waals surface area contributed by atoms with Crippen molar-refractivity contribution in [3.05, 3.63) is 62.0 Å². The van der Waals surface area contributed by atoms with Gasteiger partial charge in [0.15, 0.2) is 0 Å². The summed E-state index contributed by atoms with van der Waals surface area (Å²) >= 11 is 2.14. The van der Waals surface area contributed by atoms with E-state index in [-0.39, 0.29) is 5.75 Å². The van der Waals surface area contributed by atoms with Gasteiger partial charge in [0.05, 0.1) is 11.0 Å². The van der Waals surface area contributed by atoms with Crippen molar-refractivity contribution < 1.29 is 14.1 Å². The third-order valence-electron chi connectivity index (χ3n) is 2.16. The molecule has 0 aromatic heterocycles. The first kappa shape index (κ1) is 12.7. The number of hydrogen-bond donors (Lipinski definition) is 0. The van der Waals surface area contributed by atoms with Gasteiger partial charge in [-0.15, -0.1) is 0 Å². The molecule has 0 aliphatic heterocycles. The molecule has 92 valence electrons. The monoisotopic (exact) mass is 359 g/mol. The first-order chi connectivity index (χ1) is 8.56. The van der Waals surface area contributed by atoms with Crippen molar-refractivity contribution in [1.29, 1.82) is 0 Å². The summed E-state index contributed by atoms with van der Waals surface area (Å²) in [5, 5.41) is 10.8. The summed E-state index contributed by atoms with van der Waals surface area (Å²) in [7, 11) is 0. The molecule has 0 unspecified atom stereocenters. The van der Waals surface area contributed by atoms with E-state index in [2.05, 4.69) is 22.6 Å². The molecule has 0 radical (unpaired) electrons. The second-order valence-corrected chi connectivity index (χ2v) is 4.67. The fourth-order valence-corrected chi connectivity index (χ4v) is 1.71. The third-order valence-corrected chi connectivity index (χ3v) is 2.88. The number of nitro benzene ring substituents is 1. The van der Waals surface area contributed by atoms with E-state index >= 15 is 0 Å². The third kappa shape index (κ3) is 2.95. The largest absolute Gasteiger partial charge is 0.450 e. The maximum Gasteiger partial charge on any atom is 0.314 e. The molecule has 2 aromatic rings. The Kier molecular flexibility index (Phi) is 3.75. The summed E-state index contributed by atoms with van der Waals surface area (Å²) < 4.78 is 19.3. The minimum Gasteiger partial charge on any atom is -0.450 e. The molecule has 0 N–H and O–H groups in total. The minimum absolute atomic E-state index is 0.0163. The smallest absolute Gasteiger partial charge is 0.314 e. The second kappa shape index (κ2) is 5.30. The highest BCUT2D eigenvalue weighted by molar-refractivity contribution is 14.1. The standard InChI is InChI=1S/C12H7FINO3/c13-8-1-6-12(11(7-8)15(16)17)18-10-4-2-9(14)3-5-10/h1-7H. The van der Waals surface area contributed by atoms with Crippen LogP contribution in [0.5, 0.6) is 11.5 Å². The molecular weight excluding hydrogens is 352 g/mol. The van der Waals surface area contributed by atoms with E-state index < -0.39 is 16.4 Å². The quantitative estimate of drug-likeness (QED) is 0.470. The molecular formula is C12H7FINO3. The average molecular weight is 359 g/mol. The van der Waals surface area contributed by atoms with Crippen LogP contribution in [0.15, 0.2) is 42.5 Å². The molecule has 0 amide bonds. The Hall–Kier alpha value is -1.70. The Bertz CT molecular complexity index is 586. The van der Waals surface area contributed by atoms with E-state index in [4.69, 9.17) is 4.74 Å². The lowest BCUT2D eigenvalue weighted by molar-refractivity contribution is -0.385. The number of nitro groups is 1. The highest BCUT2D eigenvalue weighted by atomic mass is 127. The lowest BCUT2D eigenvalue weighted by atomic mass is 10.3. The lowest BCUT2D eigenvalue weighted by Crippen LogP contribution is -1.94. The topological polar surface area (TPSA) is 52.4 Å². The number of hydrogen-bond acceptors (Lipinski definition) is 3. The van der Waals surface area contributed by atoms with Gasteiger partial charge < -0.3 is 4.74 Å². The van der Waals surface area contributed by atoms with Gasteiger partial charge in [-0.3, -0.25) is 10.1 Å². The maximum atomic E-state index is 12.9. The maximum absolute atomic E-state index is 12.9. The van der Waals surface area contributed by atoms with Crippen molar-refractivity contribution in [2.24, 2.45) is 0 Å². The van der Waals surface area contributed by atoms with E-state index in [1.807, 2.05) is 12.1 Å². The highest BCUT2D eigenvalue weighted by Gasteiger charge is 2.16. The Morgan fingerprint density at radius 1 is 1.17 bits per heavy atom. The Morgan fingerprint density at radius 3 is 2.44 bits per heavy atom. The molecule has 18 heavy (non-hydrogen) atoms. The van der Waals surface area contributed by atoms with Crippen molar-refractivity contribution in [1.82, 2.24) is 0 Å². The van der Waals surface area contributed by atoms with E-state index in [9.17, 15) is 14.5 Å². The van der Waals surface area contributed by atoms with Crippen LogP contribution in [0.3, 0.4) is 0 Å². The SMILES string of the molecule is O=[N+]([O-])c1cc(F)ccc1Oc1ccc(I)cc1. The fourth-order valence-electron chi connectivity index (χ4n) is 1.35. The molecule has 0 saturated heterocycles. The van der Waals surface area contributed by atoms with Crippen molar-refractivity contribution in [3.8, 4) is 11.5 Å². The van der Waals surface area contributed by atoms with Gasteiger partial charge in [-0.1, -0.05) is 0 Å². The van der Waals surface area contributed by atoms with Gasteiger partial charge in [-0.2, -0.15) is 0 Å². The molecule has 0 fully saturated rings. The van der Waals surface area contributed by atoms with Crippen LogP contribution in [0.25, 0.3) is 0 Å². The Morgan fingerprint density at radius 2 is 1.83 bits per heavy atom. The molecule has 0 aliphatic carbocycles. The molecule has 2 rings (SSSR count). The predicted molar refractivity (Wildman–Crippen MR) is 72.3 cm³/mol. The van der Waals surface area contributed by atoms with E-state index in [1.54, 1.807) is 12.1 Å². The minimum atomic E-state index is -0.675. The number of ether oxygens (including phenoxy) is 1. The van der Waals surface area contributed by atoms with E-state index in [1.165, 1.54) is 6.07 Å². The first-order valence-electron chi connectivity index (χ1n) is 4.93. The zero-order valence-corrected chi connectivity index (χ0v) is 11.1. The average Bonchev–Trinajstić information content (AvgIpc) is 2.34. The molecule has 0 heterocycles. The van der Waals surface area contributed by atoms with Crippen LogP contribution >= 0.6 is 22.6 Å². The van der Waals surface area contributed by atoms with Crippen LogP contribution in [0.1, 0.15) is 0 Å². The Labute approximate surface area is 116 Å². The van der Waals surface area contributed by atoms with E-state index in [0.29, 0.717) is 5.75 Å². The molecule has 0 saturated carbocycles. The summed E-state index contributed by atoms with van der Waals surface area (Å²) in [5.74, 6) is -0.190. The zero-order chi connectivity index (χ0) is 13.1. The molecule has 6 heteroatoms. The summed E-state index contributed by atoms with van der Waals surface area (Å²) in [4.78, 5) is 10.1. The number of benzene rings is 2. The van der Waals surface area contributed by atoms with Crippen LogP contribution < -0.4 is 4.74 Å². The van der Waals surface area contributed by atoms with Gasteiger partial charge in [0, 0.05) is 3.57 Å².